The Bertz CT molecular complexity index is 1090. The van der Waals surface area contributed by atoms with Crippen LogP contribution in [0, 0.1) is 0 Å². The molecule has 1 aliphatic heterocycles. The lowest BCUT2D eigenvalue weighted by atomic mass is 10.1. The molecule has 1 saturated heterocycles. The fourth-order valence-electron chi connectivity index (χ4n) is 2.95. The molecule has 168 valence electrons. The van der Waals surface area contributed by atoms with Crippen molar-refractivity contribution in [1.29, 1.82) is 0 Å². The molecule has 0 N–H and O–H groups in total. The van der Waals surface area contributed by atoms with Crippen LogP contribution in [-0.2, 0) is 20.9 Å². The predicted molar refractivity (Wildman–Crippen MR) is 130 cm³/mol. The number of ether oxygens (including phenoxy) is 3. The van der Waals surface area contributed by atoms with Gasteiger partial charge in [0.25, 0.3) is 5.91 Å². The molecule has 10 heteroatoms. The van der Waals surface area contributed by atoms with Crippen molar-refractivity contribution in [2.45, 2.75) is 19.6 Å². The van der Waals surface area contributed by atoms with Crippen LogP contribution < -0.4 is 9.47 Å². The third kappa shape index (κ3) is 5.20. The van der Waals surface area contributed by atoms with Crippen molar-refractivity contribution in [3.63, 3.8) is 0 Å². The Balaban J connectivity index is 1.80. The topological polar surface area (TPSA) is 65.1 Å². The third-order valence-corrected chi connectivity index (χ3v) is 6.71. The van der Waals surface area contributed by atoms with E-state index in [9.17, 15) is 9.59 Å². The molecular weight excluding hydrogens is 493 g/mol. The normalized spacial score (nSPS) is 15.8. The molecule has 2 aromatic carbocycles. The smallest absolute Gasteiger partial charge is 0.328 e. The number of hydrogen-bond donors (Lipinski definition) is 0. The predicted octanol–water partition coefficient (Wildman–Crippen LogP) is 5.34. The number of rotatable bonds is 7. The van der Waals surface area contributed by atoms with E-state index in [0.29, 0.717) is 41.9 Å². The largest absolute Gasteiger partial charge is 0.493 e. The Labute approximate surface area is 205 Å². The lowest BCUT2D eigenvalue weighted by molar-refractivity contribution is -0.147. The van der Waals surface area contributed by atoms with Crippen LogP contribution in [-0.4, -0.2) is 41.4 Å². The molecule has 1 amide bonds. The zero-order valence-corrected chi connectivity index (χ0v) is 20.5. The van der Waals surface area contributed by atoms with E-state index in [4.69, 9.17) is 49.6 Å². The van der Waals surface area contributed by atoms with Crippen molar-refractivity contribution in [2.75, 3.05) is 14.2 Å². The lowest BCUT2D eigenvalue weighted by Gasteiger charge is -2.20. The van der Waals surface area contributed by atoms with Gasteiger partial charge >= 0.3 is 5.97 Å². The highest BCUT2D eigenvalue weighted by Gasteiger charge is 2.38. The molecule has 0 aromatic heterocycles. The molecule has 1 heterocycles. The lowest BCUT2D eigenvalue weighted by Crippen LogP contribution is -2.42. The molecule has 1 atom stereocenters. The second-order valence-electron chi connectivity index (χ2n) is 6.65. The van der Waals surface area contributed by atoms with E-state index in [1.807, 2.05) is 0 Å². The Morgan fingerprint density at radius 1 is 1.19 bits per heavy atom. The number of hydrogen-bond acceptors (Lipinski definition) is 7. The number of amides is 1. The van der Waals surface area contributed by atoms with Crippen molar-refractivity contribution in [3.8, 4) is 11.5 Å². The standard InChI is InChI=1S/C22H19Cl2NO5S2/c1-12(21(27)29-3)25-20(26)19(32-22(25)31)10-13-7-8-17(18(9-13)28-2)30-11-14-15(23)5-4-6-16(14)24/h4-10,12H,11H2,1-3H3/b19-10-/t12-/m0/s1. The number of thiocarbonyl (C=S) groups is 1. The van der Waals surface area contributed by atoms with E-state index in [-0.39, 0.29) is 12.5 Å². The molecule has 6 nitrogen and oxygen atoms in total. The van der Waals surface area contributed by atoms with Gasteiger partial charge in [-0.3, -0.25) is 9.69 Å². The summed E-state index contributed by atoms with van der Waals surface area (Å²) in [5.41, 5.74) is 1.38. The average Bonchev–Trinajstić information content (AvgIpc) is 3.05. The monoisotopic (exact) mass is 511 g/mol. The Morgan fingerprint density at radius 2 is 1.88 bits per heavy atom. The van der Waals surface area contributed by atoms with Crippen molar-refractivity contribution in [3.05, 3.63) is 62.5 Å². The van der Waals surface area contributed by atoms with Gasteiger partial charge < -0.3 is 14.2 Å². The molecule has 32 heavy (non-hydrogen) atoms. The molecule has 3 rings (SSSR count). The molecule has 0 unspecified atom stereocenters. The first kappa shape index (κ1) is 24.4. The maximum absolute atomic E-state index is 12.8. The van der Waals surface area contributed by atoms with E-state index < -0.39 is 12.0 Å². The second kappa shape index (κ2) is 10.6. The maximum Gasteiger partial charge on any atom is 0.328 e. The van der Waals surface area contributed by atoms with E-state index in [2.05, 4.69) is 0 Å². The van der Waals surface area contributed by atoms with Crippen LogP contribution in [0.2, 0.25) is 10.0 Å². The average molecular weight is 512 g/mol. The van der Waals surface area contributed by atoms with Crippen LogP contribution in [0.1, 0.15) is 18.1 Å². The zero-order valence-electron chi connectivity index (χ0n) is 17.4. The summed E-state index contributed by atoms with van der Waals surface area (Å²) in [4.78, 5) is 26.3. The first-order valence-electron chi connectivity index (χ1n) is 9.35. The van der Waals surface area contributed by atoms with E-state index in [0.717, 1.165) is 11.8 Å². The quantitative estimate of drug-likeness (QED) is 0.282. The van der Waals surface area contributed by atoms with Gasteiger partial charge in [0.15, 0.2) is 11.5 Å². The van der Waals surface area contributed by atoms with Crippen molar-refractivity contribution < 1.29 is 23.8 Å². The summed E-state index contributed by atoms with van der Waals surface area (Å²) >= 11 is 18.8. The highest BCUT2D eigenvalue weighted by molar-refractivity contribution is 8.26. The van der Waals surface area contributed by atoms with Crippen LogP contribution >= 0.6 is 47.2 Å². The summed E-state index contributed by atoms with van der Waals surface area (Å²) in [5, 5.41) is 1.02. The van der Waals surface area contributed by atoms with Crippen LogP contribution in [0.3, 0.4) is 0 Å². The first-order valence-corrected chi connectivity index (χ1v) is 11.3. The molecule has 0 spiro atoms. The van der Waals surface area contributed by atoms with Crippen LogP contribution in [0.15, 0.2) is 41.3 Å². The zero-order chi connectivity index (χ0) is 23.4. The fourth-order valence-corrected chi connectivity index (χ4v) is 4.88. The molecule has 1 aliphatic rings. The summed E-state index contributed by atoms with van der Waals surface area (Å²) in [6.45, 7) is 1.73. The van der Waals surface area contributed by atoms with Gasteiger partial charge in [-0.1, -0.05) is 59.3 Å². The van der Waals surface area contributed by atoms with Gasteiger partial charge in [0.2, 0.25) is 0 Å². The highest BCUT2D eigenvalue weighted by Crippen LogP contribution is 2.36. The Morgan fingerprint density at radius 3 is 2.50 bits per heavy atom. The van der Waals surface area contributed by atoms with Gasteiger partial charge in [0, 0.05) is 15.6 Å². The number of halogens is 2. The number of methoxy groups -OCH3 is 2. The Kier molecular flexibility index (Phi) is 8.05. The summed E-state index contributed by atoms with van der Waals surface area (Å²) in [5.74, 6) is 0.0720. The van der Waals surface area contributed by atoms with Gasteiger partial charge in [-0.2, -0.15) is 0 Å². The van der Waals surface area contributed by atoms with Gasteiger partial charge in [0.05, 0.1) is 19.1 Å². The van der Waals surface area contributed by atoms with E-state index >= 15 is 0 Å². The first-order chi connectivity index (χ1) is 15.3. The number of carbonyl (C=O) groups is 2. The molecule has 0 radical (unpaired) electrons. The van der Waals surface area contributed by atoms with Crippen molar-refractivity contribution >= 4 is 69.5 Å². The third-order valence-electron chi connectivity index (χ3n) is 4.67. The van der Waals surface area contributed by atoms with Gasteiger partial charge in [0.1, 0.15) is 17.0 Å². The number of carbonyl (C=O) groups excluding carboxylic acids is 2. The maximum atomic E-state index is 12.8. The number of thioether (sulfide) groups is 1. The Hall–Kier alpha value is -2.26. The van der Waals surface area contributed by atoms with Gasteiger partial charge in [-0.05, 0) is 42.8 Å². The van der Waals surface area contributed by atoms with Crippen LogP contribution in [0.25, 0.3) is 6.08 Å². The van der Waals surface area contributed by atoms with E-state index in [1.165, 1.54) is 19.1 Å². The molecule has 0 bridgehead atoms. The number of nitrogens with zero attached hydrogens (tertiary/aromatic N) is 1. The van der Waals surface area contributed by atoms with E-state index in [1.54, 1.807) is 49.4 Å². The second-order valence-corrected chi connectivity index (χ2v) is 9.14. The number of benzene rings is 2. The number of esters is 1. The highest BCUT2D eigenvalue weighted by atomic mass is 35.5. The molecule has 0 aliphatic carbocycles. The van der Waals surface area contributed by atoms with Crippen LogP contribution in [0.5, 0.6) is 11.5 Å². The minimum atomic E-state index is -0.805. The fraction of sp³-hybridized carbons (Fsp3) is 0.227. The summed E-state index contributed by atoms with van der Waals surface area (Å²) < 4.78 is 16.3. The minimum Gasteiger partial charge on any atom is -0.493 e. The summed E-state index contributed by atoms with van der Waals surface area (Å²) in [6.07, 6.45) is 1.68. The van der Waals surface area contributed by atoms with Crippen LogP contribution in [0.4, 0.5) is 0 Å². The minimum absolute atomic E-state index is 0.165. The molecule has 1 fully saturated rings. The van der Waals surface area contributed by atoms with Gasteiger partial charge in [-0.25, -0.2) is 4.79 Å². The van der Waals surface area contributed by atoms with Gasteiger partial charge in [-0.15, -0.1) is 0 Å². The molecule has 0 saturated carbocycles. The summed E-state index contributed by atoms with van der Waals surface area (Å²) in [7, 11) is 2.79. The SMILES string of the molecule is COC(=O)[C@H](C)N1C(=O)/C(=C/c2ccc(OCc3c(Cl)cccc3Cl)c(OC)c2)SC1=S. The van der Waals surface area contributed by atoms with Crippen molar-refractivity contribution in [2.24, 2.45) is 0 Å². The molecular formula is C22H19Cl2NO5S2. The molecule has 2 aromatic rings. The summed E-state index contributed by atoms with van der Waals surface area (Å²) in [6, 6.07) is 9.68. The van der Waals surface area contributed by atoms with Crippen molar-refractivity contribution in [1.82, 2.24) is 4.90 Å².